The number of pyridine rings is 2. The van der Waals surface area contributed by atoms with Gasteiger partial charge < -0.3 is 9.64 Å². The summed E-state index contributed by atoms with van der Waals surface area (Å²) in [4.78, 5) is 23.9. The molecule has 4 heterocycles. The fourth-order valence-corrected chi connectivity index (χ4v) is 3.53. The first kappa shape index (κ1) is 19.3. The number of carbonyl (C=O) groups excluding carboxylic acids is 1. The molecule has 1 amide bonds. The van der Waals surface area contributed by atoms with Crippen LogP contribution in [0, 0.1) is 13.8 Å². The maximum atomic E-state index is 13.1. The molecule has 7 heteroatoms. The van der Waals surface area contributed by atoms with Crippen LogP contribution in [0.2, 0.25) is 0 Å². The average Bonchev–Trinajstić information content (AvgIpc) is 3.20. The highest BCUT2D eigenvalue weighted by Crippen LogP contribution is 2.24. The molecular formula is C22H25N5O2. The van der Waals surface area contributed by atoms with Crippen LogP contribution in [0.1, 0.15) is 34.6 Å². The summed E-state index contributed by atoms with van der Waals surface area (Å²) in [6, 6.07) is 9.65. The van der Waals surface area contributed by atoms with E-state index in [1.54, 1.807) is 18.0 Å². The van der Waals surface area contributed by atoms with Crippen LogP contribution in [0.25, 0.3) is 17.1 Å². The number of amides is 1. The van der Waals surface area contributed by atoms with E-state index in [-0.39, 0.29) is 12.0 Å². The van der Waals surface area contributed by atoms with Gasteiger partial charge >= 0.3 is 0 Å². The SMILES string of the molecule is COC1CCN(C(=O)c2cc(-c3ccc(C)cn3)n(-c3ccc(C)nc3)n2)CC1. The van der Waals surface area contributed by atoms with Gasteiger partial charge in [0.05, 0.1) is 29.4 Å². The minimum absolute atomic E-state index is 0.0632. The molecule has 0 spiro atoms. The minimum atomic E-state index is -0.0632. The lowest BCUT2D eigenvalue weighted by atomic mass is 10.1. The van der Waals surface area contributed by atoms with Gasteiger partial charge in [-0.15, -0.1) is 0 Å². The zero-order valence-corrected chi connectivity index (χ0v) is 17.0. The maximum absolute atomic E-state index is 13.1. The third-order valence-corrected chi connectivity index (χ3v) is 5.31. The van der Waals surface area contributed by atoms with Crippen LogP contribution in [0.3, 0.4) is 0 Å². The number of likely N-dealkylation sites (tertiary alicyclic amines) is 1. The van der Waals surface area contributed by atoms with Gasteiger partial charge in [0.1, 0.15) is 0 Å². The average molecular weight is 391 g/mol. The number of rotatable bonds is 4. The van der Waals surface area contributed by atoms with E-state index in [2.05, 4.69) is 15.1 Å². The molecule has 3 aromatic heterocycles. The van der Waals surface area contributed by atoms with Gasteiger partial charge in [0, 0.05) is 32.1 Å². The Morgan fingerprint density at radius 1 is 1.07 bits per heavy atom. The number of hydrogen-bond acceptors (Lipinski definition) is 5. The number of carbonyl (C=O) groups is 1. The number of aromatic nitrogens is 4. The summed E-state index contributed by atoms with van der Waals surface area (Å²) in [6.45, 7) is 5.28. The Morgan fingerprint density at radius 2 is 1.86 bits per heavy atom. The van der Waals surface area contributed by atoms with Crippen molar-refractivity contribution in [3.63, 3.8) is 0 Å². The molecule has 1 fully saturated rings. The highest BCUT2D eigenvalue weighted by atomic mass is 16.5. The largest absolute Gasteiger partial charge is 0.381 e. The summed E-state index contributed by atoms with van der Waals surface area (Å²) in [7, 11) is 1.72. The van der Waals surface area contributed by atoms with Crippen LogP contribution in [-0.4, -0.2) is 56.9 Å². The molecule has 0 bridgehead atoms. The Balaban J connectivity index is 1.70. The Labute approximate surface area is 170 Å². The van der Waals surface area contributed by atoms with Gasteiger partial charge in [0.15, 0.2) is 5.69 Å². The van der Waals surface area contributed by atoms with Gasteiger partial charge in [0.2, 0.25) is 0 Å². The predicted molar refractivity (Wildman–Crippen MR) is 110 cm³/mol. The fourth-order valence-electron chi connectivity index (χ4n) is 3.53. The number of nitrogens with zero attached hydrogens (tertiary/aromatic N) is 5. The van der Waals surface area contributed by atoms with Crippen molar-refractivity contribution >= 4 is 5.91 Å². The zero-order valence-electron chi connectivity index (χ0n) is 17.0. The van der Waals surface area contributed by atoms with Gasteiger partial charge in [-0.25, -0.2) is 4.68 Å². The van der Waals surface area contributed by atoms with Crippen LogP contribution < -0.4 is 0 Å². The summed E-state index contributed by atoms with van der Waals surface area (Å²) in [5, 5.41) is 4.64. The summed E-state index contributed by atoms with van der Waals surface area (Å²) < 4.78 is 7.16. The van der Waals surface area contributed by atoms with E-state index in [1.165, 1.54) is 0 Å². The minimum Gasteiger partial charge on any atom is -0.381 e. The van der Waals surface area contributed by atoms with Gasteiger partial charge in [-0.3, -0.25) is 14.8 Å². The molecule has 0 N–H and O–H groups in total. The Morgan fingerprint density at radius 3 is 2.48 bits per heavy atom. The van der Waals surface area contributed by atoms with Crippen molar-refractivity contribution in [1.82, 2.24) is 24.6 Å². The molecule has 0 aromatic carbocycles. The van der Waals surface area contributed by atoms with Crippen LogP contribution in [0.5, 0.6) is 0 Å². The molecule has 0 unspecified atom stereocenters. The number of methoxy groups -OCH3 is 1. The Bertz CT molecular complexity index is 924. The van der Waals surface area contributed by atoms with Crippen molar-refractivity contribution in [3.8, 4) is 17.1 Å². The van der Waals surface area contributed by atoms with Gasteiger partial charge in [-0.1, -0.05) is 6.07 Å². The lowest BCUT2D eigenvalue weighted by Crippen LogP contribution is -2.40. The molecule has 0 aliphatic carbocycles. The third kappa shape index (κ3) is 4.05. The molecule has 150 valence electrons. The van der Waals surface area contributed by atoms with Crippen molar-refractivity contribution < 1.29 is 9.53 Å². The summed E-state index contributed by atoms with van der Waals surface area (Å²) >= 11 is 0. The smallest absolute Gasteiger partial charge is 0.274 e. The van der Waals surface area contributed by atoms with Crippen molar-refractivity contribution in [2.45, 2.75) is 32.8 Å². The lowest BCUT2D eigenvalue weighted by Gasteiger charge is -2.30. The quantitative estimate of drug-likeness (QED) is 0.683. The number of piperidine rings is 1. The molecule has 1 aliphatic rings. The van der Waals surface area contributed by atoms with E-state index >= 15 is 0 Å². The molecule has 0 atom stereocenters. The predicted octanol–water partition coefficient (Wildman–Crippen LogP) is 3.20. The van der Waals surface area contributed by atoms with Crippen LogP contribution in [0.15, 0.2) is 42.7 Å². The highest BCUT2D eigenvalue weighted by Gasteiger charge is 2.26. The van der Waals surface area contributed by atoms with Crippen molar-refractivity contribution in [1.29, 1.82) is 0 Å². The number of ether oxygens (including phenoxy) is 1. The molecule has 0 saturated carbocycles. The molecule has 1 aliphatic heterocycles. The first-order valence-corrected chi connectivity index (χ1v) is 9.83. The highest BCUT2D eigenvalue weighted by molar-refractivity contribution is 5.93. The Kier molecular flexibility index (Phi) is 5.40. The normalized spacial score (nSPS) is 14.9. The Hall–Kier alpha value is -3.06. The fraction of sp³-hybridized carbons (Fsp3) is 0.364. The van der Waals surface area contributed by atoms with Crippen molar-refractivity contribution in [2.24, 2.45) is 0 Å². The first-order chi connectivity index (χ1) is 14.0. The molecule has 4 rings (SSSR count). The second-order valence-corrected chi connectivity index (χ2v) is 7.43. The van der Waals surface area contributed by atoms with Gasteiger partial charge in [-0.2, -0.15) is 5.10 Å². The number of aryl methyl sites for hydroxylation is 2. The number of hydrogen-bond donors (Lipinski definition) is 0. The zero-order chi connectivity index (χ0) is 20.4. The monoisotopic (exact) mass is 391 g/mol. The van der Waals surface area contributed by atoms with Crippen molar-refractivity contribution in [3.05, 3.63) is 59.7 Å². The summed E-state index contributed by atoms with van der Waals surface area (Å²) in [5.41, 5.74) is 4.75. The molecule has 0 radical (unpaired) electrons. The van der Waals surface area contributed by atoms with Crippen LogP contribution in [0.4, 0.5) is 0 Å². The van der Waals surface area contributed by atoms with Gasteiger partial charge in [-0.05, 0) is 56.5 Å². The van der Waals surface area contributed by atoms with Crippen LogP contribution >= 0.6 is 0 Å². The summed E-state index contributed by atoms with van der Waals surface area (Å²) in [6.07, 6.45) is 5.49. The van der Waals surface area contributed by atoms with Crippen LogP contribution in [-0.2, 0) is 4.74 Å². The second kappa shape index (κ2) is 8.13. The molecule has 29 heavy (non-hydrogen) atoms. The van der Waals surface area contributed by atoms with E-state index in [9.17, 15) is 4.79 Å². The van der Waals surface area contributed by atoms with E-state index in [1.807, 2.05) is 55.3 Å². The lowest BCUT2D eigenvalue weighted by molar-refractivity contribution is 0.0347. The molecule has 1 saturated heterocycles. The van der Waals surface area contributed by atoms with Crippen molar-refractivity contribution in [2.75, 3.05) is 20.2 Å². The molecule has 7 nitrogen and oxygen atoms in total. The van der Waals surface area contributed by atoms with E-state index in [0.29, 0.717) is 18.8 Å². The molecule has 3 aromatic rings. The van der Waals surface area contributed by atoms with E-state index in [0.717, 1.165) is 41.2 Å². The van der Waals surface area contributed by atoms with E-state index < -0.39 is 0 Å². The van der Waals surface area contributed by atoms with E-state index in [4.69, 9.17) is 4.74 Å². The topological polar surface area (TPSA) is 73.1 Å². The maximum Gasteiger partial charge on any atom is 0.274 e. The first-order valence-electron chi connectivity index (χ1n) is 9.83. The van der Waals surface area contributed by atoms with Gasteiger partial charge in [0.25, 0.3) is 5.91 Å². The molecular weight excluding hydrogens is 366 g/mol. The second-order valence-electron chi connectivity index (χ2n) is 7.43. The summed E-state index contributed by atoms with van der Waals surface area (Å²) in [5.74, 6) is -0.0632. The third-order valence-electron chi connectivity index (χ3n) is 5.31. The standard InChI is InChI=1S/C22H25N5O2/c1-15-4-7-19(24-13-15)21-12-20(22(28)26-10-8-18(29-3)9-11-26)25-27(21)17-6-5-16(2)23-14-17/h4-7,12-14,18H,8-11H2,1-3H3.